The van der Waals surface area contributed by atoms with E-state index in [1.165, 1.54) is 68.1 Å². The fraction of sp³-hybridized carbons (Fsp3) is 0.619. The van der Waals surface area contributed by atoms with Crippen molar-refractivity contribution in [3.8, 4) is 0 Å². The average Bonchev–Trinajstić information content (AvgIpc) is 2.76. The molecule has 0 N–H and O–H groups in total. The summed E-state index contributed by atoms with van der Waals surface area (Å²) >= 11 is 0. The molecule has 114 valence electrons. The second-order valence-electron chi connectivity index (χ2n) is 7.85. The van der Waals surface area contributed by atoms with E-state index in [0.717, 1.165) is 11.8 Å². The maximum atomic E-state index is 4.36. The second-order valence-corrected chi connectivity index (χ2v) is 7.85. The Kier molecular flexibility index (Phi) is 3.99. The van der Waals surface area contributed by atoms with Gasteiger partial charge >= 0.3 is 0 Å². The summed E-state index contributed by atoms with van der Waals surface area (Å²) in [7, 11) is 0. The van der Waals surface area contributed by atoms with Crippen molar-refractivity contribution < 1.29 is 0 Å². The van der Waals surface area contributed by atoms with Crippen molar-refractivity contribution in [2.45, 2.75) is 65.2 Å². The Labute approximate surface area is 130 Å². The molecule has 0 aromatic rings. The maximum absolute atomic E-state index is 4.36. The molecular formula is C21H30. The molecule has 3 saturated carbocycles. The minimum absolute atomic E-state index is 0.388. The Hall–Kier alpha value is -1.04. The molecule has 3 unspecified atom stereocenters. The fourth-order valence-electron chi connectivity index (χ4n) is 4.74. The highest BCUT2D eigenvalue weighted by Crippen LogP contribution is 2.56. The molecule has 3 fully saturated rings. The Morgan fingerprint density at radius 3 is 2.71 bits per heavy atom. The van der Waals surface area contributed by atoms with Gasteiger partial charge in [0, 0.05) is 0 Å². The van der Waals surface area contributed by atoms with Crippen LogP contribution in [0.15, 0.2) is 47.6 Å². The lowest BCUT2D eigenvalue weighted by molar-refractivity contribution is 0.247. The Morgan fingerprint density at radius 2 is 1.90 bits per heavy atom. The molecule has 0 bridgehead atoms. The van der Waals surface area contributed by atoms with Crippen LogP contribution in [0.25, 0.3) is 0 Å². The molecule has 0 nitrogen and oxygen atoms in total. The van der Waals surface area contributed by atoms with Gasteiger partial charge in [0.2, 0.25) is 0 Å². The number of hydrogen-bond acceptors (Lipinski definition) is 0. The first-order chi connectivity index (χ1) is 10.0. The Morgan fingerprint density at radius 1 is 1.10 bits per heavy atom. The number of fused-ring (bicyclic) bond motifs is 1. The fourth-order valence-corrected chi connectivity index (χ4v) is 4.74. The lowest BCUT2D eigenvalue weighted by Gasteiger charge is -2.39. The molecule has 0 heterocycles. The van der Waals surface area contributed by atoms with Crippen LogP contribution in [-0.2, 0) is 0 Å². The van der Waals surface area contributed by atoms with Crippen molar-refractivity contribution in [3.05, 3.63) is 47.6 Å². The van der Waals surface area contributed by atoms with Crippen LogP contribution in [0.3, 0.4) is 0 Å². The minimum atomic E-state index is 0.388. The topological polar surface area (TPSA) is 0 Å². The molecule has 0 aromatic carbocycles. The van der Waals surface area contributed by atoms with Gasteiger partial charge in [-0.3, -0.25) is 0 Å². The molecule has 3 aliphatic rings. The molecule has 0 aromatic heterocycles. The second kappa shape index (κ2) is 5.63. The van der Waals surface area contributed by atoms with Gasteiger partial charge in [-0.25, -0.2) is 0 Å². The number of rotatable bonds is 1. The van der Waals surface area contributed by atoms with Gasteiger partial charge in [-0.05, 0) is 74.2 Å². The van der Waals surface area contributed by atoms with Crippen LogP contribution in [-0.4, -0.2) is 0 Å². The van der Waals surface area contributed by atoms with Crippen molar-refractivity contribution in [3.63, 3.8) is 0 Å². The van der Waals surface area contributed by atoms with Gasteiger partial charge in [0.15, 0.2) is 0 Å². The quantitative estimate of drug-likeness (QED) is 0.490. The molecule has 3 rings (SSSR count). The minimum Gasteiger partial charge on any atom is -0.0993 e. The summed E-state index contributed by atoms with van der Waals surface area (Å²) in [6.07, 6.45) is 15.1. The normalized spacial score (nSPS) is 40.9. The summed E-state index contributed by atoms with van der Waals surface area (Å²) in [5, 5.41) is 0. The van der Waals surface area contributed by atoms with Crippen LogP contribution in [0.1, 0.15) is 65.2 Å². The van der Waals surface area contributed by atoms with Crippen molar-refractivity contribution in [1.82, 2.24) is 0 Å². The van der Waals surface area contributed by atoms with E-state index in [9.17, 15) is 0 Å². The van der Waals surface area contributed by atoms with E-state index in [-0.39, 0.29) is 0 Å². The lowest BCUT2D eigenvalue weighted by Crippen LogP contribution is -2.28. The van der Waals surface area contributed by atoms with Gasteiger partial charge in [0.1, 0.15) is 0 Å². The van der Waals surface area contributed by atoms with Crippen LogP contribution in [0, 0.1) is 17.3 Å². The highest BCUT2D eigenvalue weighted by atomic mass is 14.5. The zero-order chi connectivity index (χ0) is 15.0. The smallest absolute Gasteiger partial charge is 0.00533 e. The van der Waals surface area contributed by atoms with Crippen LogP contribution in [0.2, 0.25) is 0 Å². The molecule has 0 amide bonds. The monoisotopic (exact) mass is 282 g/mol. The van der Waals surface area contributed by atoms with Crippen molar-refractivity contribution in [2.75, 3.05) is 0 Å². The van der Waals surface area contributed by atoms with Crippen LogP contribution in [0.4, 0.5) is 0 Å². The molecule has 21 heavy (non-hydrogen) atoms. The third-order valence-electron chi connectivity index (χ3n) is 6.38. The first-order valence-corrected chi connectivity index (χ1v) is 8.77. The highest BCUT2D eigenvalue weighted by Gasteiger charge is 2.44. The summed E-state index contributed by atoms with van der Waals surface area (Å²) < 4.78 is 0. The molecule has 0 aliphatic heterocycles. The molecule has 3 atom stereocenters. The first kappa shape index (κ1) is 14.9. The summed E-state index contributed by atoms with van der Waals surface area (Å²) in [6.45, 7) is 13.5. The molecule has 0 spiro atoms. The van der Waals surface area contributed by atoms with Gasteiger partial charge < -0.3 is 0 Å². The first-order valence-electron chi connectivity index (χ1n) is 8.77. The van der Waals surface area contributed by atoms with E-state index in [4.69, 9.17) is 0 Å². The third kappa shape index (κ3) is 2.70. The predicted octanol–water partition coefficient (Wildman–Crippen LogP) is 6.37. The maximum Gasteiger partial charge on any atom is -0.00533 e. The summed E-state index contributed by atoms with van der Waals surface area (Å²) in [5.41, 5.74) is 6.45. The molecular weight excluding hydrogens is 252 g/mol. The average molecular weight is 282 g/mol. The van der Waals surface area contributed by atoms with Crippen molar-refractivity contribution in [2.24, 2.45) is 17.3 Å². The van der Waals surface area contributed by atoms with Crippen molar-refractivity contribution in [1.29, 1.82) is 0 Å². The SMILES string of the molecule is C=C1CCC(C)C/C1=C/C=C1\CCCC2(C)C(=C)CCC12. The Bertz CT molecular complexity index is 516. The zero-order valence-electron chi connectivity index (χ0n) is 13.9. The van der Waals surface area contributed by atoms with Crippen molar-refractivity contribution >= 4 is 0 Å². The number of allylic oxidation sites excluding steroid dienone is 6. The largest absolute Gasteiger partial charge is 0.0993 e. The Balaban J connectivity index is 1.82. The van der Waals surface area contributed by atoms with Gasteiger partial charge in [0.05, 0.1) is 0 Å². The molecule has 3 aliphatic carbocycles. The summed E-state index contributed by atoms with van der Waals surface area (Å²) in [6, 6.07) is 0. The van der Waals surface area contributed by atoms with Crippen LogP contribution in [0.5, 0.6) is 0 Å². The van der Waals surface area contributed by atoms with Crippen LogP contribution < -0.4 is 0 Å². The lowest BCUT2D eigenvalue weighted by atomic mass is 9.66. The van der Waals surface area contributed by atoms with Crippen LogP contribution >= 0.6 is 0 Å². The summed E-state index contributed by atoms with van der Waals surface area (Å²) in [4.78, 5) is 0. The van der Waals surface area contributed by atoms with Gasteiger partial charge in [-0.15, -0.1) is 0 Å². The molecule has 0 saturated heterocycles. The third-order valence-corrected chi connectivity index (χ3v) is 6.38. The van der Waals surface area contributed by atoms with E-state index in [2.05, 4.69) is 39.2 Å². The van der Waals surface area contributed by atoms with E-state index in [0.29, 0.717) is 5.41 Å². The van der Waals surface area contributed by atoms with Gasteiger partial charge in [0.25, 0.3) is 0 Å². The predicted molar refractivity (Wildman–Crippen MR) is 92.1 cm³/mol. The van der Waals surface area contributed by atoms with E-state index >= 15 is 0 Å². The molecule has 0 radical (unpaired) electrons. The van der Waals surface area contributed by atoms with E-state index < -0.39 is 0 Å². The van der Waals surface area contributed by atoms with Gasteiger partial charge in [-0.2, -0.15) is 0 Å². The van der Waals surface area contributed by atoms with E-state index in [1.54, 1.807) is 5.57 Å². The molecule has 0 heteroatoms. The summed E-state index contributed by atoms with van der Waals surface area (Å²) in [5.74, 6) is 1.58. The van der Waals surface area contributed by atoms with E-state index in [1.807, 2.05) is 0 Å². The van der Waals surface area contributed by atoms with Gasteiger partial charge in [-0.1, -0.05) is 55.9 Å². The number of hydrogen-bond donors (Lipinski definition) is 0. The standard InChI is InChI=1S/C21H30/c1-15-7-8-16(2)19(14-15)11-10-18-6-5-13-21(4)17(3)9-12-20(18)21/h10-11,15,20H,2-3,5-9,12-14H2,1,4H3/b18-10+,19-11-. The zero-order valence-corrected chi connectivity index (χ0v) is 13.9. The highest BCUT2D eigenvalue weighted by molar-refractivity contribution is 5.37.